The number of hydrogen-bond acceptors (Lipinski definition) is 2. The minimum atomic E-state index is -0.249. The Hall–Kier alpha value is -2.22. The summed E-state index contributed by atoms with van der Waals surface area (Å²) in [6.07, 6.45) is 2.07. The van der Waals surface area contributed by atoms with Crippen LogP contribution < -0.4 is 5.32 Å². The number of benzene rings is 1. The molecule has 0 unspecified atom stereocenters. The zero-order chi connectivity index (χ0) is 15.2. The Bertz CT molecular complexity index is 711. The third-order valence-electron chi connectivity index (χ3n) is 2.84. The van der Waals surface area contributed by atoms with E-state index in [1.807, 2.05) is 18.2 Å². The highest BCUT2D eigenvalue weighted by Gasteiger charge is 2.12. The molecule has 0 saturated carbocycles. The van der Waals surface area contributed by atoms with Crippen LogP contribution in [-0.4, -0.2) is 22.2 Å². The second-order valence-corrected chi connectivity index (χ2v) is 4.87. The van der Waals surface area contributed by atoms with Crippen molar-refractivity contribution >= 4 is 23.2 Å². The summed E-state index contributed by atoms with van der Waals surface area (Å²) in [7, 11) is 1.76. The molecular weight excluding hydrogens is 288 g/mol. The van der Waals surface area contributed by atoms with Gasteiger partial charge in [-0.15, -0.1) is 0 Å². The van der Waals surface area contributed by atoms with Crippen LogP contribution in [0.1, 0.15) is 22.5 Å². The van der Waals surface area contributed by atoms with E-state index in [9.17, 15) is 4.79 Å². The molecule has 1 amide bonds. The first kappa shape index (κ1) is 15.2. The standard InChI is InChI=1S/C16H15ClN2O2/c1-19-11-13(17)10-15(19)16(21)18-14-8-3-2-6-12(14)7-4-5-9-20/h2-3,6,8,10-11,20H,5,9H2,1H3,(H,18,21). The van der Waals surface area contributed by atoms with E-state index in [1.54, 1.807) is 29.9 Å². The largest absolute Gasteiger partial charge is 0.395 e. The number of carbonyl (C=O) groups excluding carboxylic acids is 1. The number of aryl methyl sites for hydroxylation is 1. The number of para-hydroxylation sites is 1. The fourth-order valence-electron chi connectivity index (χ4n) is 1.85. The molecule has 108 valence electrons. The lowest BCUT2D eigenvalue weighted by Crippen LogP contribution is -2.16. The van der Waals surface area contributed by atoms with Crippen LogP contribution >= 0.6 is 11.6 Å². The second kappa shape index (κ2) is 6.98. The van der Waals surface area contributed by atoms with E-state index in [0.717, 1.165) is 0 Å². The number of aromatic nitrogens is 1. The lowest BCUT2D eigenvalue weighted by Gasteiger charge is -2.08. The molecule has 5 heteroatoms. The summed E-state index contributed by atoms with van der Waals surface area (Å²) in [5.41, 5.74) is 1.81. The van der Waals surface area contributed by atoms with Gasteiger partial charge in [-0.05, 0) is 18.2 Å². The maximum absolute atomic E-state index is 12.3. The van der Waals surface area contributed by atoms with Crippen molar-refractivity contribution in [2.24, 2.45) is 7.05 Å². The van der Waals surface area contributed by atoms with Crippen molar-refractivity contribution in [1.29, 1.82) is 0 Å². The lowest BCUT2D eigenvalue weighted by molar-refractivity contribution is 0.101. The highest BCUT2D eigenvalue weighted by atomic mass is 35.5. The summed E-state index contributed by atoms with van der Waals surface area (Å²) in [6, 6.07) is 8.88. The minimum absolute atomic E-state index is 0.0172. The van der Waals surface area contributed by atoms with Crippen LogP contribution in [0.25, 0.3) is 0 Å². The quantitative estimate of drug-likeness (QED) is 0.857. The Morgan fingerprint density at radius 3 is 2.86 bits per heavy atom. The number of nitrogens with zero attached hydrogens (tertiary/aromatic N) is 1. The third kappa shape index (κ3) is 3.88. The van der Waals surface area contributed by atoms with E-state index in [0.29, 0.717) is 28.4 Å². The average Bonchev–Trinajstić information content (AvgIpc) is 2.80. The van der Waals surface area contributed by atoms with Gasteiger partial charge in [0.25, 0.3) is 5.91 Å². The van der Waals surface area contributed by atoms with Gasteiger partial charge in [-0.25, -0.2) is 0 Å². The van der Waals surface area contributed by atoms with E-state index < -0.39 is 0 Å². The Morgan fingerprint density at radius 2 is 2.19 bits per heavy atom. The van der Waals surface area contributed by atoms with Gasteiger partial charge in [0.15, 0.2) is 0 Å². The maximum Gasteiger partial charge on any atom is 0.272 e. The molecule has 0 aliphatic rings. The van der Waals surface area contributed by atoms with Crippen LogP contribution in [0.3, 0.4) is 0 Å². The molecule has 1 aromatic heterocycles. The molecule has 0 saturated heterocycles. The van der Waals surface area contributed by atoms with Gasteiger partial charge in [-0.2, -0.15) is 0 Å². The van der Waals surface area contributed by atoms with Gasteiger partial charge < -0.3 is 15.0 Å². The normalized spacial score (nSPS) is 9.86. The van der Waals surface area contributed by atoms with Crippen molar-refractivity contribution in [2.75, 3.05) is 11.9 Å². The van der Waals surface area contributed by atoms with E-state index in [2.05, 4.69) is 17.2 Å². The fourth-order valence-corrected chi connectivity index (χ4v) is 2.10. The first-order chi connectivity index (χ1) is 10.1. The molecule has 21 heavy (non-hydrogen) atoms. The SMILES string of the molecule is Cn1cc(Cl)cc1C(=O)Nc1ccccc1C#CCCO. The number of rotatable bonds is 3. The Morgan fingerprint density at radius 1 is 1.43 bits per heavy atom. The van der Waals surface area contributed by atoms with E-state index in [1.165, 1.54) is 0 Å². The average molecular weight is 303 g/mol. The van der Waals surface area contributed by atoms with Crippen molar-refractivity contribution in [3.63, 3.8) is 0 Å². The fraction of sp³-hybridized carbons (Fsp3) is 0.188. The summed E-state index contributed by atoms with van der Waals surface area (Å²) in [4.78, 5) is 12.3. The summed E-state index contributed by atoms with van der Waals surface area (Å²) in [5.74, 6) is 5.53. The number of carbonyl (C=O) groups is 1. The second-order valence-electron chi connectivity index (χ2n) is 4.43. The molecule has 1 aromatic carbocycles. The van der Waals surface area contributed by atoms with E-state index >= 15 is 0 Å². The Kier molecular flexibility index (Phi) is 5.04. The highest BCUT2D eigenvalue weighted by Crippen LogP contribution is 2.17. The number of halogens is 1. The highest BCUT2D eigenvalue weighted by molar-refractivity contribution is 6.31. The molecule has 0 fully saturated rings. The minimum Gasteiger partial charge on any atom is -0.395 e. The van der Waals surface area contributed by atoms with Gasteiger partial charge in [0.2, 0.25) is 0 Å². The van der Waals surface area contributed by atoms with Gasteiger partial charge in [0.1, 0.15) is 5.69 Å². The number of amides is 1. The molecule has 2 aromatic rings. The van der Waals surface area contributed by atoms with Crippen LogP contribution in [0.4, 0.5) is 5.69 Å². The monoisotopic (exact) mass is 302 g/mol. The smallest absolute Gasteiger partial charge is 0.272 e. The molecule has 2 N–H and O–H groups in total. The molecule has 1 heterocycles. The number of nitrogens with one attached hydrogen (secondary N) is 1. The van der Waals surface area contributed by atoms with Crippen molar-refractivity contribution in [3.05, 3.63) is 52.8 Å². The van der Waals surface area contributed by atoms with Crippen molar-refractivity contribution in [2.45, 2.75) is 6.42 Å². The molecule has 0 aliphatic heterocycles. The van der Waals surface area contributed by atoms with Gasteiger partial charge in [0, 0.05) is 25.2 Å². The summed E-state index contributed by atoms with van der Waals surface area (Å²) in [6.45, 7) is 0.0172. The topological polar surface area (TPSA) is 54.3 Å². The van der Waals surface area contributed by atoms with Crippen LogP contribution in [0, 0.1) is 11.8 Å². The Labute approximate surface area is 128 Å². The van der Waals surface area contributed by atoms with Gasteiger partial charge in [0.05, 0.1) is 17.3 Å². The molecule has 0 atom stereocenters. The summed E-state index contributed by atoms with van der Waals surface area (Å²) >= 11 is 5.88. The van der Waals surface area contributed by atoms with Gasteiger partial charge >= 0.3 is 0 Å². The predicted molar refractivity (Wildman–Crippen MR) is 83.4 cm³/mol. The van der Waals surface area contributed by atoms with Crippen LogP contribution in [-0.2, 0) is 7.05 Å². The molecular formula is C16H15ClN2O2. The molecule has 4 nitrogen and oxygen atoms in total. The van der Waals surface area contributed by atoms with E-state index in [-0.39, 0.29) is 12.5 Å². The number of aliphatic hydroxyl groups excluding tert-OH is 1. The molecule has 0 aliphatic carbocycles. The van der Waals surface area contributed by atoms with Crippen molar-refractivity contribution in [1.82, 2.24) is 4.57 Å². The van der Waals surface area contributed by atoms with Crippen LogP contribution in [0.2, 0.25) is 5.02 Å². The lowest BCUT2D eigenvalue weighted by atomic mass is 10.1. The molecule has 0 spiro atoms. The summed E-state index contributed by atoms with van der Waals surface area (Å²) in [5, 5.41) is 12.1. The third-order valence-corrected chi connectivity index (χ3v) is 3.05. The molecule has 0 radical (unpaired) electrons. The number of hydrogen-bond donors (Lipinski definition) is 2. The zero-order valence-corrected chi connectivity index (χ0v) is 12.3. The van der Waals surface area contributed by atoms with Crippen molar-refractivity contribution in [3.8, 4) is 11.8 Å². The van der Waals surface area contributed by atoms with Crippen molar-refractivity contribution < 1.29 is 9.90 Å². The zero-order valence-electron chi connectivity index (χ0n) is 11.6. The molecule has 0 bridgehead atoms. The van der Waals surface area contributed by atoms with Gasteiger partial charge in [-0.3, -0.25) is 4.79 Å². The van der Waals surface area contributed by atoms with Gasteiger partial charge in [-0.1, -0.05) is 35.6 Å². The predicted octanol–water partition coefficient (Wildman–Crippen LogP) is 2.66. The first-order valence-electron chi connectivity index (χ1n) is 6.44. The van der Waals surface area contributed by atoms with Crippen LogP contribution in [0.5, 0.6) is 0 Å². The Balaban J connectivity index is 2.22. The number of anilines is 1. The van der Waals surface area contributed by atoms with E-state index in [4.69, 9.17) is 16.7 Å². The number of aliphatic hydroxyl groups is 1. The first-order valence-corrected chi connectivity index (χ1v) is 6.81. The maximum atomic E-state index is 12.3. The summed E-state index contributed by atoms with van der Waals surface area (Å²) < 4.78 is 1.66. The van der Waals surface area contributed by atoms with Crippen LogP contribution in [0.15, 0.2) is 36.5 Å². The molecule has 2 rings (SSSR count).